The fraction of sp³-hybridized carbons (Fsp3) is 0.424. The number of hydrogen-bond acceptors (Lipinski definition) is 4. The van der Waals surface area contributed by atoms with Crippen LogP contribution in [0.4, 0.5) is 0 Å². The fourth-order valence-electron chi connectivity index (χ4n) is 6.24. The number of nitrogens with zero attached hydrogens (tertiary/aromatic N) is 5. The second kappa shape index (κ2) is 11.9. The van der Waals surface area contributed by atoms with Gasteiger partial charge in [-0.15, -0.1) is 0 Å². The number of rotatable bonds is 8. The number of piperazine rings is 2. The van der Waals surface area contributed by atoms with Crippen LogP contribution in [0.5, 0.6) is 0 Å². The Bertz CT molecular complexity index is 1400. The largest absolute Gasteiger partial charge is 0.340 e. The molecule has 0 atom stereocenters. The van der Waals surface area contributed by atoms with Crippen LogP contribution in [0.1, 0.15) is 22.3 Å². The summed E-state index contributed by atoms with van der Waals surface area (Å²) in [7, 11) is 2.21. The third-order valence-corrected chi connectivity index (χ3v) is 8.69. The number of fused-ring (bicyclic) bond motifs is 3. The number of carbonyl (C=O) groups excluding carboxylic acids is 1. The summed E-state index contributed by atoms with van der Waals surface area (Å²) in [5.74, 6) is 0.159. The summed E-state index contributed by atoms with van der Waals surface area (Å²) in [4.78, 5) is 23.1. The molecule has 0 unspecified atom stereocenters. The van der Waals surface area contributed by atoms with E-state index in [-0.39, 0.29) is 5.91 Å². The minimum Gasteiger partial charge on any atom is -0.340 e. The molecule has 0 spiro atoms. The lowest BCUT2D eigenvalue weighted by Crippen LogP contribution is -2.49. The average molecular weight is 524 g/mol. The second-order valence-corrected chi connectivity index (χ2v) is 11.3. The maximum Gasteiger partial charge on any atom is 0.253 e. The molecular weight excluding hydrogens is 482 g/mol. The molecule has 39 heavy (non-hydrogen) atoms. The first-order valence-electron chi connectivity index (χ1n) is 14.6. The van der Waals surface area contributed by atoms with E-state index in [0.29, 0.717) is 0 Å². The molecule has 0 radical (unpaired) electrons. The topological polar surface area (TPSA) is 35.0 Å². The molecule has 2 aliphatic heterocycles. The monoisotopic (exact) mass is 523 g/mol. The van der Waals surface area contributed by atoms with Gasteiger partial charge in [-0.05, 0) is 56.3 Å². The van der Waals surface area contributed by atoms with E-state index in [9.17, 15) is 4.79 Å². The molecule has 2 aliphatic rings. The molecule has 6 nitrogen and oxygen atoms in total. The minimum absolute atomic E-state index is 0.159. The fourth-order valence-corrected chi connectivity index (χ4v) is 6.24. The highest BCUT2D eigenvalue weighted by Gasteiger charge is 2.23. The van der Waals surface area contributed by atoms with Gasteiger partial charge in [0.2, 0.25) is 0 Å². The van der Waals surface area contributed by atoms with Gasteiger partial charge in [0.15, 0.2) is 0 Å². The molecule has 0 bridgehead atoms. The van der Waals surface area contributed by atoms with Crippen molar-refractivity contribution >= 4 is 27.7 Å². The molecule has 4 aromatic rings. The standard InChI is InChI=1S/C33H41N5O/c1-34-18-20-35(21-19-34)15-7-16-38-31-11-6-5-10-29(31)30-26-28(12-13-32(30)38)33(39)37-24-22-36(23-25-37)17-14-27-8-3-2-4-9-27/h2-6,8-13,26H,7,14-25H2,1H3. The molecule has 0 saturated carbocycles. The molecule has 3 heterocycles. The maximum atomic E-state index is 13.5. The van der Waals surface area contributed by atoms with Gasteiger partial charge in [0.05, 0.1) is 0 Å². The number of aryl methyl sites for hydroxylation is 1. The molecule has 0 aliphatic carbocycles. The zero-order chi connectivity index (χ0) is 26.6. The second-order valence-electron chi connectivity index (χ2n) is 11.3. The van der Waals surface area contributed by atoms with Gasteiger partial charge in [0.1, 0.15) is 0 Å². The van der Waals surface area contributed by atoms with Gasteiger partial charge in [-0.25, -0.2) is 0 Å². The lowest BCUT2D eigenvalue weighted by molar-refractivity contribution is 0.0638. The summed E-state index contributed by atoms with van der Waals surface area (Å²) >= 11 is 0. The predicted molar refractivity (Wildman–Crippen MR) is 160 cm³/mol. The van der Waals surface area contributed by atoms with Crippen LogP contribution in [-0.2, 0) is 13.0 Å². The van der Waals surface area contributed by atoms with E-state index >= 15 is 0 Å². The van der Waals surface area contributed by atoms with Crippen LogP contribution in [-0.4, -0.2) is 103 Å². The van der Waals surface area contributed by atoms with E-state index in [1.807, 2.05) is 11.0 Å². The van der Waals surface area contributed by atoms with Crippen molar-refractivity contribution in [2.75, 3.05) is 72.5 Å². The number of likely N-dealkylation sites (N-methyl/N-ethyl adjacent to an activating group) is 1. The van der Waals surface area contributed by atoms with E-state index in [1.54, 1.807) is 0 Å². The molecule has 2 saturated heterocycles. The van der Waals surface area contributed by atoms with Crippen LogP contribution in [0, 0.1) is 0 Å². The molecule has 204 valence electrons. The minimum atomic E-state index is 0.159. The first kappa shape index (κ1) is 26.1. The van der Waals surface area contributed by atoms with Crippen LogP contribution in [0.25, 0.3) is 21.8 Å². The van der Waals surface area contributed by atoms with Gasteiger partial charge in [0.25, 0.3) is 5.91 Å². The van der Waals surface area contributed by atoms with Crippen LogP contribution in [0.2, 0.25) is 0 Å². The Morgan fingerprint density at radius 2 is 1.33 bits per heavy atom. The molecule has 3 aromatic carbocycles. The summed E-state index contributed by atoms with van der Waals surface area (Å²) in [5.41, 5.74) is 4.68. The summed E-state index contributed by atoms with van der Waals surface area (Å²) in [5, 5.41) is 2.44. The lowest BCUT2D eigenvalue weighted by atomic mass is 10.1. The van der Waals surface area contributed by atoms with Gasteiger partial charge in [-0.1, -0.05) is 48.5 Å². The van der Waals surface area contributed by atoms with Crippen molar-refractivity contribution in [3.8, 4) is 0 Å². The number of para-hydroxylation sites is 1. The highest BCUT2D eigenvalue weighted by molar-refractivity contribution is 6.10. The van der Waals surface area contributed by atoms with E-state index in [4.69, 9.17) is 0 Å². The first-order chi connectivity index (χ1) is 19.2. The third kappa shape index (κ3) is 5.88. The average Bonchev–Trinajstić information content (AvgIpc) is 3.30. The summed E-state index contributed by atoms with van der Waals surface area (Å²) < 4.78 is 2.46. The van der Waals surface area contributed by atoms with Crippen LogP contribution >= 0.6 is 0 Å². The van der Waals surface area contributed by atoms with Crippen molar-refractivity contribution in [3.63, 3.8) is 0 Å². The Labute approximate surface area is 232 Å². The number of hydrogen-bond donors (Lipinski definition) is 0. The molecule has 6 rings (SSSR count). The maximum absolute atomic E-state index is 13.5. The number of benzene rings is 3. The third-order valence-electron chi connectivity index (χ3n) is 8.69. The number of aromatic nitrogens is 1. The Balaban J connectivity index is 1.12. The Kier molecular flexibility index (Phi) is 7.95. The van der Waals surface area contributed by atoms with Crippen molar-refractivity contribution in [2.24, 2.45) is 0 Å². The number of carbonyl (C=O) groups is 1. The van der Waals surface area contributed by atoms with Gasteiger partial charge >= 0.3 is 0 Å². The summed E-state index contributed by atoms with van der Waals surface area (Å²) in [6, 6.07) is 25.7. The van der Waals surface area contributed by atoms with E-state index < -0.39 is 0 Å². The van der Waals surface area contributed by atoms with Gasteiger partial charge in [-0.3, -0.25) is 9.69 Å². The Hall–Kier alpha value is -3.19. The van der Waals surface area contributed by atoms with Crippen LogP contribution < -0.4 is 0 Å². The zero-order valence-electron chi connectivity index (χ0n) is 23.3. The summed E-state index contributed by atoms with van der Waals surface area (Å²) in [6.07, 6.45) is 2.19. The van der Waals surface area contributed by atoms with Crippen LogP contribution in [0.15, 0.2) is 72.8 Å². The SMILES string of the molecule is CN1CCN(CCCn2c3ccccc3c3cc(C(=O)N4CCN(CCc5ccccc5)CC4)ccc32)CC1. The van der Waals surface area contributed by atoms with E-state index in [1.165, 1.54) is 27.4 Å². The molecule has 0 N–H and O–H groups in total. The smallest absolute Gasteiger partial charge is 0.253 e. The molecule has 6 heteroatoms. The van der Waals surface area contributed by atoms with Crippen molar-refractivity contribution in [2.45, 2.75) is 19.4 Å². The Morgan fingerprint density at radius 3 is 2.13 bits per heavy atom. The highest BCUT2D eigenvalue weighted by Crippen LogP contribution is 2.30. The molecular formula is C33H41N5O. The van der Waals surface area contributed by atoms with Gasteiger partial charge in [-0.2, -0.15) is 0 Å². The molecule has 1 aromatic heterocycles. The summed E-state index contributed by atoms with van der Waals surface area (Å²) in [6.45, 7) is 11.3. The van der Waals surface area contributed by atoms with Gasteiger partial charge < -0.3 is 19.3 Å². The molecule has 2 fully saturated rings. The van der Waals surface area contributed by atoms with Crippen LogP contribution in [0.3, 0.4) is 0 Å². The lowest BCUT2D eigenvalue weighted by Gasteiger charge is -2.34. The normalized spacial score (nSPS) is 17.8. The van der Waals surface area contributed by atoms with Crippen molar-refractivity contribution in [3.05, 3.63) is 83.9 Å². The zero-order valence-corrected chi connectivity index (χ0v) is 23.3. The quantitative estimate of drug-likeness (QED) is 0.342. The van der Waals surface area contributed by atoms with Crippen molar-refractivity contribution in [1.82, 2.24) is 24.2 Å². The van der Waals surface area contributed by atoms with Crippen molar-refractivity contribution in [1.29, 1.82) is 0 Å². The van der Waals surface area contributed by atoms with E-state index in [2.05, 4.69) is 93.0 Å². The first-order valence-corrected chi connectivity index (χ1v) is 14.6. The van der Waals surface area contributed by atoms with Gasteiger partial charge in [0, 0.05) is 92.8 Å². The Morgan fingerprint density at radius 1 is 0.667 bits per heavy atom. The highest BCUT2D eigenvalue weighted by atomic mass is 16.2. The van der Waals surface area contributed by atoms with E-state index in [0.717, 1.165) is 90.4 Å². The number of amides is 1. The predicted octanol–water partition coefficient (Wildman–Crippen LogP) is 4.43. The molecule has 1 amide bonds. The van der Waals surface area contributed by atoms with Crippen molar-refractivity contribution < 1.29 is 4.79 Å².